The number of fused-ring (bicyclic) bond motifs is 5. The molecule has 0 aliphatic heterocycles. The summed E-state index contributed by atoms with van der Waals surface area (Å²) >= 11 is 0. The number of hydrogen-bond donors (Lipinski definition) is 0. The molecule has 3 saturated carbocycles. The molecule has 0 saturated heterocycles. The second-order valence-corrected chi connectivity index (χ2v) is 19.9. The Morgan fingerprint density at radius 2 is 1.68 bits per heavy atom. The first-order chi connectivity index (χ1) is 18.7. The number of hydrogen-bond acceptors (Lipinski definition) is 5. The molecule has 40 heavy (non-hydrogen) atoms. The van der Waals surface area contributed by atoms with Crippen molar-refractivity contribution in [2.24, 2.45) is 34.5 Å². The smallest absolute Gasteiger partial charge is 0.338 e. The van der Waals surface area contributed by atoms with Gasteiger partial charge in [0.2, 0.25) is 0 Å². The lowest BCUT2D eigenvalue weighted by Gasteiger charge is -2.61. The van der Waals surface area contributed by atoms with Crippen molar-refractivity contribution in [2.75, 3.05) is 0 Å². The van der Waals surface area contributed by atoms with E-state index < -0.39 is 8.32 Å². The Morgan fingerprint density at radius 3 is 2.33 bits per heavy atom. The van der Waals surface area contributed by atoms with Gasteiger partial charge in [-0.25, -0.2) is 4.79 Å². The van der Waals surface area contributed by atoms with Crippen LogP contribution in [0.5, 0.6) is 0 Å². The van der Waals surface area contributed by atoms with Crippen molar-refractivity contribution in [3.8, 4) is 0 Å². The Kier molecular flexibility index (Phi) is 7.70. The minimum atomic E-state index is -2.04. The van der Waals surface area contributed by atoms with E-state index in [0.717, 1.165) is 37.9 Å². The lowest BCUT2D eigenvalue weighted by Crippen LogP contribution is -2.60. The summed E-state index contributed by atoms with van der Waals surface area (Å²) in [5, 5.41) is 0.105. The van der Waals surface area contributed by atoms with Crippen LogP contribution in [0.4, 0.5) is 0 Å². The van der Waals surface area contributed by atoms with Crippen LogP contribution in [0, 0.1) is 34.5 Å². The fourth-order valence-electron chi connectivity index (χ4n) is 8.62. The first-order valence-corrected chi connectivity index (χ1v) is 18.4. The van der Waals surface area contributed by atoms with Crippen LogP contribution in [0.2, 0.25) is 18.1 Å². The van der Waals surface area contributed by atoms with Crippen LogP contribution in [0.1, 0.15) is 96.8 Å². The van der Waals surface area contributed by atoms with Gasteiger partial charge in [0.15, 0.2) is 8.32 Å². The molecule has 4 aliphatic rings. The fourth-order valence-corrected chi connectivity index (χ4v) is 10.1. The van der Waals surface area contributed by atoms with Gasteiger partial charge in [0.05, 0.1) is 11.7 Å². The monoisotopic (exact) mass is 566 g/mol. The quantitative estimate of drug-likeness (QED) is 0.265. The summed E-state index contributed by atoms with van der Waals surface area (Å²) in [5.74, 6) is 1.07. The van der Waals surface area contributed by atoms with Crippen molar-refractivity contribution in [2.45, 2.75) is 117 Å². The Labute approximate surface area is 242 Å². The van der Waals surface area contributed by atoms with Crippen LogP contribution in [0.3, 0.4) is 0 Å². The highest BCUT2D eigenvalue weighted by atomic mass is 28.4. The van der Waals surface area contributed by atoms with Crippen LogP contribution in [0.25, 0.3) is 0 Å². The second kappa shape index (κ2) is 10.4. The molecule has 0 radical (unpaired) electrons. The third-order valence-corrected chi connectivity index (χ3v) is 16.2. The van der Waals surface area contributed by atoms with Gasteiger partial charge >= 0.3 is 11.9 Å². The Balaban J connectivity index is 1.59. The first-order valence-electron chi connectivity index (χ1n) is 15.5. The van der Waals surface area contributed by atoms with E-state index in [1.54, 1.807) is 0 Å². The molecule has 1 aromatic carbocycles. The normalized spacial score (nSPS) is 37.5. The Morgan fingerprint density at radius 1 is 0.975 bits per heavy atom. The topological polar surface area (TPSA) is 61.8 Å². The summed E-state index contributed by atoms with van der Waals surface area (Å²) in [6.07, 6.45) is 9.49. The minimum Gasteiger partial charge on any atom is -0.458 e. The van der Waals surface area contributed by atoms with E-state index >= 15 is 0 Å². The second-order valence-electron chi connectivity index (χ2n) is 15.1. The van der Waals surface area contributed by atoms with E-state index in [4.69, 9.17) is 13.9 Å². The molecule has 0 bridgehead atoms. The summed E-state index contributed by atoms with van der Waals surface area (Å²) in [5.41, 5.74) is 0.396. The van der Waals surface area contributed by atoms with E-state index in [1.165, 1.54) is 19.8 Å². The Hall–Kier alpha value is -1.92. The molecule has 8 atom stereocenters. The van der Waals surface area contributed by atoms with Crippen molar-refractivity contribution in [3.05, 3.63) is 47.7 Å². The predicted molar refractivity (Wildman–Crippen MR) is 160 cm³/mol. The number of rotatable bonds is 5. The van der Waals surface area contributed by atoms with Crippen molar-refractivity contribution < 1.29 is 23.5 Å². The van der Waals surface area contributed by atoms with Gasteiger partial charge in [-0.1, -0.05) is 65.7 Å². The van der Waals surface area contributed by atoms with Crippen molar-refractivity contribution in [3.63, 3.8) is 0 Å². The molecule has 3 fully saturated rings. The molecule has 0 N–H and O–H groups in total. The number of benzene rings is 1. The molecule has 0 aromatic heterocycles. The molecule has 1 aromatic rings. The van der Waals surface area contributed by atoms with Crippen LogP contribution in [-0.2, 0) is 18.7 Å². The van der Waals surface area contributed by atoms with E-state index in [-0.39, 0.29) is 51.9 Å². The van der Waals surface area contributed by atoms with Crippen LogP contribution >= 0.6 is 0 Å². The highest BCUT2D eigenvalue weighted by molar-refractivity contribution is 6.74. The van der Waals surface area contributed by atoms with Gasteiger partial charge in [-0.3, -0.25) is 4.79 Å². The number of carbonyl (C=O) groups excluding carboxylic acids is 2. The lowest BCUT2D eigenvalue weighted by atomic mass is 9.46. The molecule has 5 nitrogen and oxygen atoms in total. The predicted octanol–water partition coefficient (Wildman–Crippen LogP) is 8.31. The first kappa shape index (κ1) is 29.6. The summed E-state index contributed by atoms with van der Waals surface area (Å²) in [6.45, 7) is 17.8. The molecule has 4 aliphatic carbocycles. The van der Waals surface area contributed by atoms with E-state index in [9.17, 15) is 9.59 Å². The molecule has 6 unspecified atom stereocenters. The van der Waals surface area contributed by atoms with Crippen LogP contribution < -0.4 is 0 Å². The Bertz CT molecular complexity index is 1150. The van der Waals surface area contributed by atoms with Crippen molar-refractivity contribution in [1.82, 2.24) is 0 Å². The fraction of sp³-hybridized carbons (Fsp3) is 0.706. The standard InChI is InChI=1S/C34H50O5Si/c1-22(35)37-26-20-24-16-12-13-19-33(24,5)30-27(38-31(36)23-14-10-9-11-15-23)21-34(6)25(29(26)30)17-18-28(34)39-40(7,8)32(2,3)4/h9-11,14-15,20,24-25,27-30H,12-13,16-19,21H2,1-8H3/t24?,25?,27?,28?,29?,30?,33-,34-/m0/s1. The van der Waals surface area contributed by atoms with Crippen LogP contribution in [-0.4, -0.2) is 32.5 Å². The summed E-state index contributed by atoms with van der Waals surface area (Å²) < 4.78 is 19.8. The molecule has 5 rings (SSSR count). The molecular weight excluding hydrogens is 516 g/mol. The summed E-state index contributed by atoms with van der Waals surface area (Å²) in [7, 11) is -2.04. The average molecular weight is 567 g/mol. The van der Waals surface area contributed by atoms with Gasteiger partial charge in [-0.15, -0.1) is 0 Å². The molecule has 0 heterocycles. The third kappa shape index (κ3) is 5.02. The van der Waals surface area contributed by atoms with Gasteiger partial charge in [0, 0.05) is 18.8 Å². The van der Waals surface area contributed by atoms with Crippen molar-refractivity contribution in [1.29, 1.82) is 0 Å². The van der Waals surface area contributed by atoms with Gasteiger partial charge in [0.1, 0.15) is 11.9 Å². The largest absolute Gasteiger partial charge is 0.458 e. The SMILES string of the molecule is CC(=O)OC1=CC2CCCC[C@]2(C)C2C(OC(=O)c3ccccc3)C[C@]3(C)C(O[Si](C)(C)C(C)(C)C)CCC3C12. The summed E-state index contributed by atoms with van der Waals surface area (Å²) in [6, 6.07) is 9.37. The molecule has 220 valence electrons. The number of ether oxygens (including phenoxy) is 2. The number of esters is 2. The lowest BCUT2D eigenvalue weighted by molar-refractivity contribution is -0.164. The minimum absolute atomic E-state index is 0.00605. The summed E-state index contributed by atoms with van der Waals surface area (Å²) in [4.78, 5) is 26.0. The highest BCUT2D eigenvalue weighted by Gasteiger charge is 2.66. The van der Waals surface area contributed by atoms with E-state index in [1.807, 2.05) is 30.3 Å². The van der Waals surface area contributed by atoms with E-state index in [0.29, 0.717) is 17.4 Å². The molecule has 0 spiro atoms. The maximum absolute atomic E-state index is 13.6. The zero-order valence-corrected chi connectivity index (χ0v) is 26.9. The third-order valence-electron chi connectivity index (χ3n) is 11.7. The molecular formula is C34H50O5Si. The average Bonchev–Trinajstić information content (AvgIpc) is 3.18. The number of allylic oxidation sites excluding steroid dienone is 2. The maximum atomic E-state index is 13.6. The highest BCUT2D eigenvalue weighted by Crippen LogP contribution is 2.67. The van der Waals surface area contributed by atoms with E-state index in [2.05, 4.69) is 53.8 Å². The molecule has 0 amide bonds. The van der Waals surface area contributed by atoms with Gasteiger partial charge in [-0.2, -0.15) is 0 Å². The maximum Gasteiger partial charge on any atom is 0.338 e. The zero-order chi connectivity index (χ0) is 29.1. The number of carbonyl (C=O) groups is 2. The van der Waals surface area contributed by atoms with Gasteiger partial charge in [-0.05, 0) is 91.1 Å². The van der Waals surface area contributed by atoms with Gasteiger partial charge < -0.3 is 13.9 Å². The van der Waals surface area contributed by atoms with Gasteiger partial charge in [0.25, 0.3) is 0 Å². The van der Waals surface area contributed by atoms with Crippen LogP contribution in [0.15, 0.2) is 42.2 Å². The zero-order valence-electron chi connectivity index (χ0n) is 25.9. The molecule has 6 heteroatoms. The van der Waals surface area contributed by atoms with Crippen molar-refractivity contribution >= 4 is 20.3 Å².